The Morgan fingerprint density at radius 3 is 2.66 bits per heavy atom. The van der Waals surface area contributed by atoms with Crippen LogP contribution in [0.5, 0.6) is 5.75 Å². The Labute approximate surface area is 215 Å². The number of urea groups is 1. The van der Waals surface area contributed by atoms with Gasteiger partial charge < -0.3 is 30.7 Å². The van der Waals surface area contributed by atoms with E-state index in [1.54, 1.807) is 12.1 Å². The molecule has 3 amide bonds. The van der Waals surface area contributed by atoms with Crippen molar-refractivity contribution in [2.45, 2.75) is 0 Å². The van der Waals surface area contributed by atoms with Gasteiger partial charge in [0, 0.05) is 11.6 Å². The number of carbonyl (C=O) groups excluding carboxylic acids is 2. The summed E-state index contributed by atoms with van der Waals surface area (Å²) < 4.78 is 39.3. The number of carbonyl (C=O) groups is 3. The molecule has 6 N–H and O–H groups in total. The zero-order valence-corrected chi connectivity index (χ0v) is 20.1. The number of rotatable bonds is 8. The Bertz CT molecular complexity index is 1540. The molecule has 0 aliphatic heterocycles. The van der Waals surface area contributed by atoms with Crippen LogP contribution >= 0.6 is 11.3 Å². The summed E-state index contributed by atoms with van der Waals surface area (Å²) in [6.45, 7) is -0.613. The number of thiazole rings is 1. The molecule has 0 radical (unpaired) electrons. The molecule has 2 heterocycles. The third-order valence-electron chi connectivity index (χ3n) is 4.77. The number of anilines is 3. The van der Waals surface area contributed by atoms with Gasteiger partial charge in [-0.25, -0.2) is 18.6 Å². The molecule has 13 nitrogen and oxygen atoms in total. The Balaban J connectivity index is 1.56. The summed E-state index contributed by atoms with van der Waals surface area (Å²) in [6, 6.07) is 6.88. The first-order valence-electron chi connectivity index (χ1n) is 10.5. The Morgan fingerprint density at radius 1 is 1.13 bits per heavy atom. The van der Waals surface area contributed by atoms with Crippen molar-refractivity contribution in [3.05, 3.63) is 53.6 Å². The Morgan fingerprint density at radius 2 is 1.92 bits per heavy atom. The predicted octanol–water partition coefficient (Wildman–Crippen LogP) is 3.19. The lowest BCUT2D eigenvalue weighted by atomic mass is 10.1. The Kier molecular flexibility index (Phi) is 7.43. The zero-order chi connectivity index (χ0) is 27.4. The van der Waals surface area contributed by atoms with E-state index in [1.807, 2.05) is 0 Å². The highest BCUT2D eigenvalue weighted by atomic mass is 32.1. The van der Waals surface area contributed by atoms with Crippen LogP contribution in [-0.4, -0.2) is 51.8 Å². The lowest BCUT2D eigenvalue weighted by molar-refractivity contribution is -0.135. The van der Waals surface area contributed by atoms with E-state index in [9.17, 15) is 23.2 Å². The monoisotopic (exact) mass is 545 g/mol. The first kappa shape index (κ1) is 26.0. The fraction of sp³-hybridized carbons (Fsp3) is 0.0909. The highest BCUT2D eigenvalue weighted by Crippen LogP contribution is 2.35. The lowest BCUT2D eigenvalue weighted by Gasteiger charge is -2.09. The number of amides is 3. The average molecular weight is 545 g/mol. The summed E-state index contributed by atoms with van der Waals surface area (Å²) in [6.07, 6.45) is 0. The van der Waals surface area contributed by atoms with Gasteiger partial charge >= 0.3 is 12.0 Å². The SMILES string of the molecule is COc1cccc(C(=O)Nc2cc(-c3noc(-c4sc(NC(=O)NCC(=O)O)nc4N)n3)c(F)cc2F)c1. The first-order valence-corrected chi connectivity index (χ1v) is 11.3. The number of halogens is 2. The zero-order valence-electron chi connectivity index (χ0n) is 19.2. The number of ether oxygens (including phenoxy) is 1. The van der Waals surface area contributed by atoms with Gasteiger partial charge in [0.15, 0.2) is 5.13 Å². The molecular weight excluding hydrogens is 528 g/mol. The number of hydrogen-bond acceptors (Lipinski definition) is 10. The molecule has 0 aliphatic carbocycles. The van der Waals surface area contributed by atoms with Crippen LogP contribution in [0.4, 0.5) is 30.2 Å². The molecule has 4 rings (SSSR count). The maximum atomic E-state index is 14.6. The highest BCUT2D eigenvalue weighted by Gasteiger charge is 2.22. The minimum Gasteiger partial charge on any atom is -0.497 e. The number of nitrogen functional groups attached to an aromatic ring is 1. The van der Waals surface area contributed by atoms with Crippen LogP contribution < -0.4 is 26.4 Å². The minimum atomic E-state index is -1.24. The standard InChI is InChI=1S/C22H17F2N7O6S/c1-36-10-4-2-3-9(5-10)19(34)27-14-6-11(12(23)7-13(14)24)18-29-20(37-31-18)16-17(25)28-22(38-16)30-21(35)26-8-15(32)33/h2-7H,8,25H2,1H3,(H,27,34)(H,32,33)(H2,26,28,30,35). The normalized spacial score (nSPS) is 10.6. The van der Waals surface area contributed by atoms with Crippen LogP contribution in [0.15, 0.2) is 40.9 Å². The van der Waals surface area contributed by atoms with Crippen molar-refractivity contribution in [2.24, 2.45) is 0 Å². The van der Waals surface area contributed by atoms with Gasteiger partial charge in [-0.15, -0.1) is 0 Å². The fourth-order valence-electron chi connectivity index (χ4n) is 3.04. The molecule has 0 saturated carbocycles. The van der Waals surface area contributed by atoms with Crippen LogP contribution in [0.1, 0.15) is 10.4 Å². The largest absolute Gasteiger partial charge is 0.497 e. The average Bonchev–Trinajstić information content (AvgIpc) is 3.50. The van der Waals surface area contributed by atoms with Crippen molar-refractivity contribution in [3.8, 4) is 27.9 Å². The molecule has 196 valence electrons. The van der Waals surface area contributed by atoms with Gasteiger partial charge in [0.05, 0.1) is 18.4 Å². The van der Waals surface area contributed by atoms with Crippen molar-refractivity contribution in [1.82, 2.24) is 20.4 Å². The maximum absolute atomic E-state index is 14.6. The summed E-state index contributed by atoms with van der Waals surface area (Å²) >= 11 is 0.830. The molecule has 16 heteroatoms. The van der Waals surface area contributed by atoms with Crippen molar-refractivity contribution < 1.29 is 37.5 Å². The van der Waals surface area contributed by atoms with E-state index in [-0.39, 0.29) is 44.4 Å². The van der Waals surface area contributed by atoms with E-state index in [1.165, 1.54) is 19.2 Å². The van der Waals surface area contributed by atoms with E-state index in [0.717, 1.165) is 17.4 Å². The summed E-state index contributed by atoms with van der Waals surface area (Å²) in [5.41, 5.74) is 5.41. The van der Waals surface area contributed by atoms with Gasteiger partial charge in [-0.1, -0.05) is 22.6 Å². The topological polar surface area (TPSA) is 195 Å². The second kappa shape index (κ2) is 10.9. The highest BCUT2D eigenvalue weighted by molar-refractivity contribution is 7.19. The molecule has 0 atom stereocenters. The van der Waals surface area contributed by atoms with Crippen LogP contribution in [0.2, 0.25) is 0 Å². The van der Waals surface area contributed by atoms with Gasteiger partial charge in [0.1, 0.15) is 34.6 Å². The number of hydrogen-bond donors (Lipinski definition) is 5. The molecule has 0 bridgehead atoms. The van der Waals surface area contributed by atoms with Gasteiger partial charge in [-0.05, 0) is 24.3 Å². The predicted molar refractivity (Wildman–Crippen MR) is 131 cm³/mol. The maximum Gasteiger partial charge on any atom is 0.323 e. The molecule has 0 saturated heterocycles. The first-order chi connectivity index (χ1) is 18.1. The van der Waals surface area contributed by atoms with E-state index in [0.29, 0.717) is 11.8 Å². The number of nitrogens with two attached hydrogens (primary N) is 1. The summed E-state index contributed by atoms with van der Waals surface area (Å²) in [5, 5.41) is 19.1. The third-order valence-corrected chi connectivity index (χ3v) is 5.75. The van der Waals surface area contributed by atoms with Gasteiger partial charge in [-0.3, -0.25) is 14.9 Å². The second-order valence-electron chi connectivity index (χ2n) is 7.36. The molecule has 0 spiro atoms. The molecule has 0 aliphatic rings. The van der Waals surface area contributed by atoms with E-state index >= 15 is 0 Å². The second-order valence-corrected chi connectivity index (χ2v) is 8.35. The molecule has 0 unspecified atom stereocenters. The summed E-state index contributed by atoms with van der Waals surface area (Å²) in [5.74, 6) is -4.12. The quantitative estimate of drug-likeness (QED) is 0.219. The van der Waals surface area contributed by atoms with E-state index in [4.69, 9.17) is 20.1 Å². The number of methoxy groups -OCH3 is 1. The van der Waals surface area contributed by atoms with Gasteiger partial charge in [0.2, 0.25) is 5.82 Å². The third kappa shape index (κ3) is 5.81. The molecular formula is C22H17F2N7O6S. The number of benzene rings is 2. The van der Waals surface area contributed by atoms with Crippen molar-refractivity contribution >= 4 is 45.9 Å². The van der Waals surface area contributed by atoms with Crippen molar-refractivity contribution in [3.63, 3.8) is 0 Å². The van der Waals surface area contributed by atoms with Crippen LogP contribution in [0.3, 0.4) is 0 Å². The van der Waals surface area contributed by atoms with Gasteiger partial charge in [0.25, 0.3) is 11.8 Å². The Hall–Kier alpha value is -5.12. The number of nitrogens with one attached hydrogen (secondary N) is 3. The molecule has 0 fully saturated rings. The van der Waals surface area contributed by atoms with Crippen molar-refractivity contribution in [2.75, 3.05) is 30.0 Å². The van der Waals surface area contributed by atoms with Crippen LogP contribution in [-0.2, 0) is 4.79 Å². The number of aromatic nitrogens is 3. The van der Waals surface area contributed by atoms with Crippen LogP contribution in [0, 0.1) is 11.6 Å². The van der Waals surface area contributed by atoms with E-state index < -0.39 is 36.1 Å². The van der Waals surface area contributed by atoms with Crippen LogP contribution in [0.25, 0.3) is 22.2 Å². The molecule has 38 heavy (non-hydrogen) atoms. The number of nitrogens with zero attached hydrogens (tertiary/aromatic N) is 3. The summed E-state index contributed by atoms with van der Waals surface area (Å²) in [7, 11) is 1.43. The van der Waals surface area contributed by atoms with Crippen molar-refractivity contribution in [1.29, 1.82) is 0 Å². The number of carboxylic acids is 1. The minimum absolute atomic E-state index is 0.00403. The molecule has 2 aromatic heterocycles. The number of carboxylic acid groups (broad SMARTS) is 1. The lowest BCUT2D eigenvalue weighted by Crippen LogP contribution is -2.33. The van der Waals surface area contributed by atoms with Gasteiger partial charge in [-0.2, -0.15) is 4.98 Å². The molecule has 2 aromatic carbocycles. The number of aliphatic carboxylic acids is 1. The molecule has 4 aromatic rings. The van der Waals surface area contributed by atoms with E-state index in [2.05, 4.69) is 31.1 Å². The summed E-state index contributed by atoms with van der Waals surface area (Å²) in [4.78, 5) is 43.0. The smallest absolute Gasteiger partial charge is 0.323 e. The fourth-order valence-corrected chi connectivity index (χ4v) is 3.84.